The summed E-state index contributed by atoms with van der Waals surface area (Å²) in [7, 11) is 0. The van der Waals surface area contributed by atoms with Gasteiger partial charge >= 0.3 is 0 Å². The first-order valence-electron chi connectivity index (χ1n) is 6.65. The molecule has 0 radical (unpaired) electrons. The van der Waals surface area contributed by atoms with E-state index in [0.717, 1.165) is 25.7 Å². The van der Waals surface area contributed by atoms with Crippen molar-refractivity contribution in [1.82, 2.24) is 0 Å². The van der Waals surface area contributed by atoms with Gasteiger partial charge in [0.15, 0.2) is 0 Å². The van der Waals surface area contributed by atoms with Crippen LogP contribution in [-0.2, 0) is 6.42 Å². The van der Waals surface area contributed by atoms with E-state index in [2.05, 4.69) is 6.92 Å². The largest absolute Gasteiger partial charge is 0.390 e. The van der Waals surface area contributed by atoms with Crippen LogP contribution in [0.2, 0.25) is 5.02 Å². The summed E-state index contributed by atoms with van der Waals surface area (Å²) in [4.78, 5) is 0. The maximum atomic E-state index is 13.2. The first-order chi connectivity index (χ1) is 8.48. The Morgan fingerprint density at radius 2 is 2.17 bits per heavy atom. The average molecular weight is 271 g/mol. The Balaban J connectivity index is 2.13. The molecule has 0 aromatic heterocycles. The Kier molecular flexibility index (Phi) is 4.29. The fraction of sp³-hybridized carbons (Fsp3) is 0.600. The lowest BCUT2D eigenvalue weighted by molar-refractivity contribution is 0.0243. The van der Waals surface area contributed by atoms with Crippen molar-refractivity contribution >= 4 is 11.6 Å². The van der Waals surface area contributed by atoms with E-state index in [9.17, 15) is 9.50 Å². The minimum atomic E-state index is -0.720. The highest BCUT2D eigenvalue weighted by Crippen LogP contribution is 2.34. The van der Waals surface area contributed by atoms with Crippen molar-refractivity contribution in [2.24, 2.45) is 5.92 Å². The molecule has 0 amide bonds. The van der Waals surface area contributed by atoms with Crippen LogP contribution in [0.25, 0.3) is 0 Å². The van der Waals surface area contributed by atoms with Crippen molar-refractivity contribution in [2.75, 3.05) is 0 Å². The second kappa shape index (κ2) is 5.58. The fourth-order valence-corrected chi connectivity index (χ4v) is 2.96. The smallest absolute Gasteiger partial charge is 0.123 e. The first-order valence-corrected chi connectivity index (χ1v) is 7.03. The van der Waals surface area contributed by atoms with Gasteiger partial charge in [-0.2, -0.15) is 0 Å². The normalized spacial score (nSPS) is 29.0. The van der Waals surface area contributed by atoms with Crippen LogP contribution in [0.15, 0.2) is 18.2 Å². The molecule has 1 aromatic carbocycles. The topological polar surface area (TPSA) is 20.2 Å². The zero-order chi connectivity index (χ0) is 13.2. The third-order valence-corrected chi connectivity index (χ3v) is 4.34. The van der Waals surface area contributed by atoms with Crippen molar-refractivity contribution in [3.05, 3.63) is 34.6 Å². The lowest BCUT2D eigenvalue weighted by Gasteiger charge is -2.27. The van der Waals surface area contributed by atoms with Gasteiger partial charge in [-0.3, -0.25) is 0 Å². The molecule has 1 N–H and O–H groups in total. The van der Waals surface area contributed by atoms with E-state index in [1.54, 1.807) is 6.07 Å². The minimum absolute atomic E-state index is 0.292. The quantitative estimate of drug-likeness (QED) is 0.792. The number of hydrogen-bond donors (Lipinski definition) is 1. The molecule has 100 valence electrons. The highest BCUT2D eigenvalue weighted by molar-refractivity contribution is 6.31. The van der Waals surface area contributed by atoms with Gasteiger partial charge in [-0.1, -0.05) is 31.4 Å². The number of halogens is 2. The van der Waals surface area contributed by atoms with Gasteiger partial charge in [0.1, 0.15) is 5.82 Å². The van der Waals surface area contributed by atoms with Gasteiger partial charge in [0.2, 0.25) is 0 Å². The molecule has 2 rings (SSSR count). The molecule has 18 heavy (non-hydrogen) atoms. The number of benzene rings is 1. The molecule has 1 aliphatic rings. The van der Waals surface area contributed by atoms with Crippen LogP contribution >= 0.6 is 11.6 Å². The van der Waals surface area contributed by atoms with E-state index >= 15 is 0 Å². The highest BCUT2D eigenvalue weighted by Gasteiger charge is 2.30. The SMILES string of the molecule is CC1CCCC(O)(Cc2cc(F)ccc2Cl)CC1. The van der Waals surface area contributed by atoms with E-state index in [0.29, 0.717) is 22.9 Å². The molecular formula is C15H20ClFO. The third-order valence-electron chi connectivity index (χ3n) is 3.97. The van der Waals surface area contributed by atoms with Crippen LogP contribution in [0.1, 0.15) is 44.6 Å². The van der Waals surface area contributed by atoms with E-state index < -0.39 is 5.60 Å². The van der Waals surface area contributed by atoms with Crippen molar-refractivity contribution < 1.29 is 9.50 Å². The van der Waals surface area contributed by atoms with E-state index in [1.165, 1.54) is 18.6 Å². The number of aliphatic hydroxyl groups is 1. The maximum absolute atomic E-state index is 13.2. The molecule has 0 aliphatic heterocycles. The molecule has 1 fully saturated rings. The Bertz CT molecular complexity index is 421. The van der Waals surface area contributed by atoms with Crippen LogP contribution in [0.3, 0.4) is 0 Å². The summed E-state index contributed by atoms with van der Waals surface area (Å²) >= 11 is 6.07. The standard InChI is InChI=1S/C15H20ClFO/c1-11-3-2-7-15(18,8-6-11)10-12-9-13(17)4-5-14(12)16/h4-5,9,11,18H,2-3,6-8,10H2,1H3. The van der Waals surface area contributed by atoms with E-state index in [4.69, 9.17) is 11.6 Å². The third kappa shape index (κ3) is 3.46. The summed E-state index contributed by atoms with van der Waals surface area (Å²) in [5.74, 6) is 0.377. The molecule has 0 spiro atoms. The highest BCUT2D eigenvalue weighted by atomic mass is 35.5. The molecule has 1 saturated carbocycles. The van der Waals surface area contributed by atoms with Gasteiger partial charge in [-0.05, 0) is 48.9 Å². The van der Waals surface area contributed by atoms with Gasteiger partial charge in [-0.25, -0.2) is 4.39 Å². The van der Waals surface area contributed by atoms with E-state index in [-0.39, 0.29) is 5.82 Å². The molecule has 1 aliphatic carbocycles. The lowest BCUT2D eigenvalue weighted by atomic mass is 9.87. The first kappa shape index (κ1) is 13.8. The van der Waals surface area contributed by atoms with Crippen LogP contribution in [0.4, 0.5) is 4.39 Å². The summed E-state index contributed by atoms with van der Waals surface area (Å²) in [5, 5.41) is 11.2. The predicted octanol–water partition coefficient (Wildman–Crippen LogP) is 4.35. The van der Waals surface area contributed by atoms with Crippen LogP contribution in [-0.4, -0.2) is 10.7 Å². The number of hydrogen-bond acceptors (Lipinski definition) is 1. The van der Waals surface area contributed by atoms with Crippen molar-refractivity contribution in [3.63, 3.8) is 0 Å². The van der Waals surface area contributed by atoms with Crippen molar-refractivity contribution in [1.29, 1.82) is 0 Å². The van der Waals surface area contributed by atoms with Gasteiger partial charge in [0.05, 0.1) is 5.60 Å². The fourth-order valence-electron chi connectivity index (χ4n) is 2.77. The van der Waals surface area contributed by atoms with Gasteiger partial charge in [0.25, 0.3) is 0 Å². The Labute approximate surface area is 113 Å². The Morgan fingerprint density at radius 3 is 2.94 bits per heavy atom. The van der Waals surface area contributed by atoms with Crippen molar-refractivity contribution in [2.45, 2.75) is 51.0 Å². The summed E-state index contributed by atoms with van der Waals surface area (Å²) in [6.45, 7) is 2.22. The summed E-state index contributed by atoms with van der Waals surface area (Å²) in [6.07, 6.45) is 5.24. The Hall–Kier alpha value is -0.600. The predicted molar refractivity (Wildman–Crippen MR) is 72.3 cm³/mol. The molecule has 3 heteroatoms. The second-order valence-corrected chi connectivity index (χ2v) is 6.08. The molecule has 0 saturated heterocycles. The maximum Gasteiger partial charge on any atom is 0.123 e. The zero-order valence-corrected chi connectivity index (χ0v) is 11.5. The lowest BCUT2D eigenvalue weighted by Crippen LogP contribution is -2.30. The molecule has 1 nitrogen and oxygen atoms in total. The number of rotatable bonds is 2. The second-order valence-electron chi connectivity index (χ2n) is 5.67. The van der Waals surface area contributed by atoms with E-state index in [1.807, 2.05) is 0 Å². The van der Waals surface area contributed by atoms with Crippen LogP contribution < -0.4 is 0 Å². The van der Waals surface area contributed by atoms with Gasteiger partial charge < -0.3 is 5.11 Å². The summed E-state index contributed by atoms with van der Waals surface area (Å²) in [6, 6.07) is 4.36. The Morgan fingerprint density at radius 1 is 1.39 bits per heavy atom. The molecule has 2 unspecified atom stereocenters. The monoisotopic (exact) mass is 270 g/mol. The van der Waals surface area contributed by atoms with Gasteiger partial charge in [0, 0.05) is 11.4 Å². The van der Waals surface area contributed by atoms with Gasteiger partial charge in [-0.15, -0.1) is 0 Å². The summed E-state index contributed by atoms with van der Waals surface area (Å²) < 4.78 is 13.2. The molecule has 2 atom stereocenters. The molecule has 0 bridgehead atoms. The molecule has 1 aromatic rings. The minimum Gasteiger partial charge on any atom is -0.390 e. The summed E-state index contributed by atoms with van der Waals surface area (Å²) in [5.41, 5.74) is -0.00364. The van der Waals surface area contributed by atoms with Crippen molar-refractivity contribution in [3.8, 4) is 0 Å². The average Bonchev–Trinajstić information content (AvgIpc) is 2.47. The molecular weight excluding hydrogens is 251 g/mol. The zero-order valence-electron chi connectivity index (χ0n) is 10.8. The van der Waals surface area contributed by atoms with Crippen LogP contribution in [0.5, 0.6) is 0 Å². The van der Waals surface area contributed by atoms with Crippen LogP contribution in [0, 0.1) is 11.7 Å². The molecule has 0 heterocycles.